The first-order valence-corrected chi connectivity index (χ1v) is 6.18. The van der Waals surface area contributed by atoms with E-state index in [1.54, 1.807) is 25.3 Å². The van der Waals surface area contributed by atoms with E-state index in [1.165, 1.54) is 12.1 Å². The van der Waals surface area contributed by atoms with Crippen molar-refractivity contribution in [2.24, 2.45) is 0 Å². The highest BCUT2D eigenvalue weighted by Gasteiger charge is 2.13. The first kappa shape index (κ1) is 13.6. The van der Waals surface area contributed by atoms with E-state index >= 15 is 0 Å². The first-order chi connectivity index (χ1) is 9.10. The molecule has 1 atom stereocenters. The third-order valence-corrected chi connectivity index (χ3v) is 2.93. The average molecular weight is 278 g/mol. The molecule has 1 unspecified atom stereocenters. The standard InChI is InChI=1S/C15H14ClO3/c1-10(19-13-5-3-4-12(17)9-13)14-7-6-11(16)8-15(14)18-2/h4-10,17H,1-2H3. The van der Waals surface area contributed by atoms with Crippen molar-refractivity contribution in [1.29, 1.82) is 0 Å². The summed E-state index contributed by atoms with van der Waals surface area (Å²) in [4.78, 5) is 0. The van der Waals surface area contributed by atoms with E-state index in [1.807, 2.05) is 13.0 Å². The molecule has 1 radical (unpaired) electrons. The van der Waals surface area contributed by atoms with Gasteiger partial charge in [-0.25, -0.2) is 0 Å². The van der Waals surface area contributed by atoms with Crippen molar-refractivity contribution >= 4 is 11.6 Å². The van der Waals surface area contributed by atoms with Gasteiger partial charge in [0.25, 0.3) is 0 Å². The molecule has 0 bridgehead atoms. The molecule has 1 N–H and O–H groups in total. The fourth-order valence-electron chi connectivity index (χ4n) is 1.79. The number of rotatable bonds is 4. The second-order valence-electron chi connectivity index (χ2n) is 4.07. The van der Waals surface area contributed by atoms with Crippen LogP contribution in [0, 0.1) is 6.07 Å². The van der Waals surface area contributed by atoms with Gasteiger partial charge in [-0.15, -0.1) is 0 Å². The van der Waals surface area contributed by atoms with Crippen LogP contribution in [0.1, 0.15) is 18.6 Å². The van der Waals surface area contributed by atoms with Crippen molar-refractivity contribution in [2.45, 2.75) is 13.0 Å². The molecule has 0 amide bonds. The molecule has 0 saturated carbocycles. The SMILES string of the molecule is COc1cc(Cl)ccc1C(C)Oc1c[c]cc(O)c1. The van der Waals surface area contributed by atoms with Gasteiger partial charge in [0.15, 0.2) is 0 Å². The van der Waals surface area contributed by atoms with Crippen LogP contribution < -0.4 is 9.47 Å². The minimum atomic E-state index is -0.234. The molecule has 0 heterocycles. The molecule has 0 aliphatic carbocycles. The Morgan fingerprint density at radius 1 is 1.26 bits per heavy atom. The van der Waals surface area contributed by atoms with E-state index in [0.29, 0.717) is 16.5 Å². The maximum atomic E-state index is 9.38. The third-order valence-electron chi connectivity index (χ3n) is 2.69. The lowest BCUT2D eigenvalue weighted by molar-refractivity contribution is 0.220. The molecule has 0 aliphatic rings. The van der Waals surface area contributed by atoms with Crippen LogP contribution in [0.5, 0.6) is 17.2 Å². The number of hydrogen-bond donors (Lipinski definition) is 1. The summed E-state index contributed by atoms with van der Waals surface area (Å²) in [5.74, 6) is 1.33. The van der Waals surface area contributed by atoms with Gasteiger partial charge in [-0.2, -0.15) is 0 Å². The highest BCUT2D eigenvalue weighted by molar-refractivity contribution is 6.30. The third kappa shape index (κ3) is 3.32. The van der Waals surface area contributed by atoms with E-state index in [0.717, 1.165) is 5.56 Å². The molecule has 19 heavy (non-hydrogen) atoms. The van der Waals surface area contributed by atoms with E-state index in [2.05, 4.69) is 6.07 Å². The lowest BCUT2D eigenvalue weighted by Crippen LogP contribution is -2.05. The van der Waals surface area contributed by atoms with Crippen LogP contribution in [-0.4, -0.2) is 12.2 Å². The zero-order valence-electron chi connectivity index (χ0n) is 10.7. The lowest BCUT2D eigenvalue weighted by atomic mass is 10.1. The molecular formula is C15H14ClO3. The molecule has 2 aromatic carbocycles. The Morgan fingerprint density at radius 2 is 2.05 bits per heavy atom. The van der Waals surface area contributed by atoms with Gasteiger partial charge < -0.3 is 14.6 Å². The van der Waals surface area contributed by atoms with Gasteiger partial charge in [0.2, 0.25) is 0 Å². The largest absolute Gasteiger partial charge is 0.508 e. The number of phenols is 1. The van der Waals surface area contributed by atoms with Crippen LogP contribution in [0.15, 0.2) is 36.4 Å². The summed E-state index contributed by atoms with van der Waals surface area (Å²) in [7, 11) is 1.59. The Balaban J connectivity index is 2.22. The molecule has 2 rings (SSSR count). The predicted molar refractivity (Wildman–Crippen MR) is 74.0 cm³/mol. The number of hydrogen-bond acceptors (Lipinski definition) is 3. The molecule has 99 valence electrons. The van der Waals surface area contributed by atoms with Crippen molar-refractivity contribution < 1.29 is 14.6 Å². The first-order valence-electron chi connectivity index (χ1n) is 5.80. The Kier molecular flexibility index (Phi) is 4.17. The van der Waals surface area contributed by atoms with Crippen LogP contribution >= 0.6 is 11.6 Å². The van der Waals surface area contributed by atoms with Crippen molar-refractivity contribution in [3.63, 3.8) is 0 Å². The van der Waals surface area contributed by atoms with Crippen LogP contribution in [0.4, 0.5) is 0 Å². The Bertz CT molecular complexity index is 569. The van der Waals surface area contributed by atoms with Gasteiger partial charge in [-0.1, -0.05) is 17.7 Å². The molecule has 2 aromatic rings. The highest BCUT2D eigenvalue weighted by Crippen LogP contribution is 2.31. The minimum Gasteiger partial charge on any atom is -0.508 e. The Hall–Kier alpha value is -1.87. The van der Waals surface area contributed by atoms with E-state index in [9.17, 15) is 5.11 Å². The normalized spacial score (nSPS) is 11.9. The number of aromatic hydroxyl groups is 1. The number of phenolic OH excluding ortho intramolecular Hbond substituents is 1. The quantitative estimate of drug-likeness (QED) is 0.918. The number of ether oxygens (including phenoxy) is 2. The molecule has 4 heteroatoms. The van der Waals surface area contributed by atoms with Gasteiger partial charge in [-0.3, -0.25) is 0 Å². The van der Waals surface area contributed by atoms with E-state index < -0.39 is 0 Å². The van der Waals surface area contributed by atoms with Gasteiger partial charge in [0.05, 0.1) is 7.11 Å². The van der Waals surface area contributed by atoms with Crippen LogP contribution in [0.3, 0.4) is 0 Å². The molecular weight excluding hydrogens is 264 g/mol. The fraction of sp³-hybridized carbons (Fsp3) is 0.200. The van der Waals surface area contributed by atoms with E-state index in [-0.39, 0.29) is 11.9 Å². The van der Waals surface area contributed by atoms with Crippen molar-refractivity contribution in [3.05, 3.63) is 53.1 Å². The van der Waals surface area contributed by atoms with Crippen LogP contribution in [-0.2, 0) is 0 Å². The van der Waals surface area contributed by atoms with Gasteiger partial charge in [-0.05, 0) is 37.3 Å². The monoisotopic (exact) mass is 277 g/mol. The van der Waals surface area contributed by atoms with Gasteiger partial charge in [0.1, 0.15) is 23.4 Å². The Morgan fingerprint density at radius 3 is 2.74 bits per heavy atom. The summed E-state index contributed by atoms with van der Waals surface area (Å²) < 4.78 is 11.0. The second kappa shape index (κ2) is 5.85. The zero-order valence-corrected chi connectivity index (χ0v) is 11.4. The molecule has 0 aliphatic heterocycles. The summed E-state index contributed by atoms with van der Waals surface area (Å²) in [6.07, 6.45) is -0.234. The highest BCUT2D eigenvalue weighted by atomic mass is 35.5. The second-order valence-corrected chi connectivity index (χ2v) is 4.51. The summed E-state index contributed by atoms with van der Waals surface area (Å²) in [5, 5.41) is 9.99. The summed E-state index contributed by atoms with van der Waals surface area (Å²) >= 11 is 5.92. The zero-order chi connectivity index (χ0) is 13.8. The molecule has 0 spiro atoms. The lowest BCUT2D eigenvalue weighted by Gasteiger charge is -2.18. The van der Waals surface area contributed by atoms with Crippen molar-refractivity contribution in [3.8, 4) is 17.2 Å². The summed E-state index contributed by atoms with van der Waals surface area (Å²) in [6, 6.07) is 12.9. The fourth-order valence-corrected chi connectivity index (χ4v) is 1.96. The molecule has 0 aromatic heterocycles. The molecule has 3 nitrogen and oxygen atoms in total. The van der Waals surface area contributed by atoms with Gasteiger partial charge in [0, 0.05) is 16.7 Å². The number of halogens is 1. The topological polar surface area (TPSA) is 38.7 Å². The van der Waals surface area contributed by atoms with Crippen molar-refractivity contribution in [1.82, 2.24) is 0 Å². The predicted octanol–water partition coefficient (Wildman–Crippen LogP) is 3.99. The summed E-state index contributed by atoms with van der Waals surface area (Å²) in [6.45, 7) is 1.90. The van der Waals surface area contributed by atoms with Crippen LogP contribution in [0.2, 0.25) is 5.02 Å². The van der Waals surface area contributed by atoms with Crippen LogP contribution in [0.25, 0.3) is 0 Å². The summed E-state index contributed by atoms with van der Waals surface area (Å²) in [5.41, 5.74) is 0.884. The molecule has 0 saturated heterocycles. The number of methoxy groups -OCH3 is 1. The minimum absolute atomic E-state index is 0.118. The number of benzene rings is 2. The maximum Gasteiger partial charge on any atom is 0.127 e. The smallest absolute Gasteiger partial charge is 0.127 e. The van der Waals surface area contributed by atoms with Crippen molar-refractivity contribution in [2.75, 3.05) is 7.11 Å². The molecule has 0 fully saturated rings. The van der Waals surface area contributed by atoms with E-state index in [4.69, 9.17) is 21.1 Å². The maximum absolute atomic E-state index is 9.38. The average Bonchev–Trinajstić information content (AvgIpc) is 2.38. The van der Waals surface area contributed by atoms with Gasteiger partial charge >= 0.3 is 0 Å². The Labute approximate surface area is 117 Å².